The fourth-order valence-electron chi connectivity index (χ4n) is 2.26. The molecule has 0 saturated carbocycles. The number of carbonyl (C=O) groups excluding carboxylic acids is 1. The Balaban J connectivity index is 1.59. The van der Waals surface area contributed by atoms with Crippen molar-refractivity contribution in [2.75, 3.05) is 6.61 Å². The van der Waals surface area contributed by atoms with Crippen molar-refractivity contribution in [3.8, 4) is 5.75 Å². The molecule has 0 radical (unpaired) electrons. The lowest BCUT2D eigenvalue weighted by molar-refractivity contribution is -0.123. The van der Waals surface area contributed by atoms with Crippen molar-refractivity contribution in [3.05, 3.63) is 74.1 Å². The number of rotatable bonds is 5. The van der Waals surface area contributed by atoms with Crippen LogP contribution in [0, 0.1) is 0 Å². The fraction of sp³-hybridized carbons (Fsp3) is 0.0526. The van der Waals surface area contributed by atoms with E-state index in [4.69, 9.17) is 16.3 Å². The predicted octanol–water partition coefficient (Wildman–Crippen LogP) is 5.55. The molecule has 0 aliphatic heterocycles. The number of halogens is 3. The van der Waals surface area contributed by atoms with E-state index < -0.39 is 0 Å². The Morgan fingerprint density at radius 3 is 2.65 bits per heavy atom. The first-order valence-corrected chi connectivity index (χ1v) is 9.57. The van der Waals surface area contributed by atoms with Gasteiger partial charge in [-0.1, -0.05) is 51.8 Å². The number of fused-ring (bicyclic) bond motifs is 1. The molecule has 3 aromatic carbocycles. The average Bonchev–Trinajstić information content (AvgIpc) is 2.63. The molecule has 0 fully saturated rings. The smallest absolute Gasteiger partial charge is 0.277 e. The van der Waals surface area contributed by atoms with Gasteiger partial charge >= 0.3 is 0 Å². The van der Waals surface area contributed by atoms with Crippen LogP contribution in [0.3, 0.4) is 0 Å². The first kappa shape index (κ1) is 18.9. The number of benzene rings is 3. The summed E-state index contributed by atoms with van der Waals surface area (Å²) in [5.41, 5.74) is 3.26. The van der Waals surface area contributed by atoms with Crippen LogP contribution in [0.4, 0.5) is 0 Å². The van der Waals surface area contributed by atoms with Crippen LogP contribution in [0.25, 0.3) is 10.8 Å². The molecule has 0 heterocycles. The molecule has 1 amide bonds. The second-order valence-electron chi connectivity index (χ2n) is 5.38. The van der Waals surface area contributed by atoms with Gasteiger partial charge in [0.15, 0.2) is 6.61 Å². The molecule has 3 rings (SSSR count). The van der Waals surface area contributed by atoms with E-state index in [1.807, 2.05) is 30.3 Å². The van der Waals surface area contributed by atoms with Crippen LogP contribution in [0.1, 0.15) is 5.56 Å². The molecule has 26 heavy (non-hydrogen) atoms. The van der Waals surface area contributed by atoms with Crippen LogP contribution in [0.2, 0.25) is 5.02 Å². The van der Waals surface area contributed by atoms with Gasteiger partial charge in [0, 0.05) is 9.50 Å². The number of carbonyl (C=O) groups is 1. The minimum Gasteiger partial charge on any atom is -0.483 e. The molecule has 132 valence electrons. The Morgan fingerprint density at radius 2 is 1.88 bits per heavy atom. The van der Waals surface area contributed by atoms with Crippen molar-refractivity contribution in [2.24, 2.45) is 5.10 Å². The monoisotopic (exact) mass is 494 g/mol. The molecule has 3 aromatic rings. The van der Waals surface area contributed by atoms with Crippen LogP contribution in [0.15, 0.2) is 68.6 Å². The number of amides is 1. The quantitative estimate of drug-likeness (QED) is 0.372. The molecule has 1 N–H and O–H groups in total. The highest BCUT2D eigenvalue weighted by molar-refractivity contribution is 9.11. The number of hydrogen-bond acceptors (Lipinski definition) is 3. The summed E-state index contributed by atoms with van der Waals surface area (Å²) >= 11 is 12.8. The molecule has 7 heteroatoms. The summed E-state index contributed by atoms with van der Waals surface area (Å²) < 4.78 is 7.40. The molecule has 0 bridgehead atoms. The summed E-state index contributed by atoms with van der Waals surface area (Å²) in [7, 11) is 0. The lowest BCUT2D eigenvalue weighted by Gasteiger charge is -2.10. The van der Waals surface area contributed by atoms with E-state index >= 15 is 0 Å². The van der Waals surface area contributed by atoms with E-state index in [1.54, 1.807) is 24.3 Å². The SMILES string of the molecule is O=C(COc1ccc2cc(Br)ccc2c1Br)N/N=C/c1ccc(Cl)cc1. The third-order valence-electron chi connectivity index (χ3n) is 3.51. The Kier molecular flexibility index (Phi) is 6.29. The zero-order chi connectivity index (χ0) is 18.5. The molecule has 0 spiro atoms. The van der Waals surface area contributed by atoms with Crippen LogP contribution in [-0.4, -0.2) is 18.7 Å². The topological polar surface area (TPSA) is 50.7 Å². The van der Waals surface area contributed by atoms with Crippen LogP contribution in [-0.2, 0) is 4.79 Å². The third kappa shape index (κ3) is 4.84. The Labute approximate surface area is 172 Å². The maximum Gasteiger partial charge on any atom is 0.277 e. The van der Waals surface area contributed by atoms with Gasteiger partial charge in [-0.25, -0.2) is 5.43 Å². The first-order valence-electron chi connectivity index (χ1n) is 7.61. The van der Waals surface area contributed by atoms with Crippen molar-refractivity contribution in [1.82, 2.24) is 5.43 Å². The highest BCUT2D eigenvalue weighted by atomic mass is 79.9. The van der Waals surface area contributed by atoms with E-state index in [0.29, 0.717) is 10.8 Å². The van der Waals surface area contributed by atoms with E-state index in [-0.39, 0.29) is 12.5 Å². The van der Waals surface area contributed by atoms with Crippen molar-refractivity contribution in [2.45, 2.75) is 0 Å². The molecule has 0 aromatic heterocycles. The maximum atomic E-state index is 11.9. The summed E-state index contributed by atoms with van der Waals surface area (Å²) in [6.45, 7) is -0.140. The lowest BCUT2D eigenvalue weighted by atomic mass is 10.1. The largest absolute Gasteiger partial charge is 0.483 e. The van der Waals surface area contributed by atoms with Gasteiger partial charge < -0.3 is 4.74 Å². The normalized spacial score (nSPS) is 11.0. The van der Waals surface area contributed by atoms with Crippen molar-refractivity contribution >= 4 is 66.4 Å². The average molecular weight is 497 g/mol. The van der Waals surface area contributed by atoms with Gasteiger partial charge in [0.05, 0.1) is 10.7 Å². The zero-order valence-electron chi connectivity index (χ0n) is 13.4. The van der Waals surface area contributed by atoms with Gasteiger partial charge in [-0.3, -0.25) is 4.79 Å². The Morgan fingerprint density at radius 1 is 1.12 bits per heavy atom. The number of hydrazone groups is 1. The van der Waals surface area contributed by atoms with Crippen LogP contribution in [0.5, 0.6) is 5.75 Å². The summed E-state index contributed by atoms with van der Waals surface area (Å²) in [6, 6.07) is 16.8. The summed E-state index contributed by atoms with van der Waals surface area (Å²) in [5, 5.41) is 6.62. The number of nitrogens with zero attached hydrogens (tertiary/aromatic N) is 1. The Hall–Kier alpha value is -1.89. The summed E-state index contributed by atoms with van der Waals surface area (Å²) in [4.78, 5) is 11.9. The van der Waals surface area contributed by atoms with E-state index in [1.165, 1.54) is 6.21 Å². The van der Waals surface area contributed by atoms with Gasteiger partial charge in [-0.05, 0) is 62.6 Å². The van der Waals surface area contributed by atoms with Crippen molar-refractivity contribution in [1.29, 1.82) is 0 Å². The third-order valence-corrected chi connectivity index (χ3v) is 5.08. The summed E-state index contributed by atoms with van der Waals surface area (Å²) in [6.07, 6.45) is 1.54. The maximum absolute atomic E-state index is 11.9. The second-order valence-corrected chi connectivity index (χ2v) is 7.52. The molecule has 0 unspecified atom stereocenters. The lowest BCUT2D eigenvalue weighted by Crippen LogP contribution is -2.24. The van der Waals surface area contributed by atoms with E-state index in [0.717, 1.165) is 25.3 Å². The number of nitrogens with one attached hydrogen (secondary N) is 1. The minimum atomic E-state index is -0.349. The Bertz CT molecular complexity index is 975. The highest BCUT2D eigenvalue weighted by Crippen LogP contribution is 2.34. The summed E-state index contributed by atoms with van der Waals surface area (Å²) in [5.74, 6) is 0.245. The van der Waals surface area contributed by atoms with Gasteiger partial charge in [0.25, 0.3) is 5.91 Å². The molecule has 0 atom stereocenters. The van der Waals surface area contributed by atoms with Crippen LogP contribution < -0.4 is 10.2 Å². The first-order chi connectivity index (χ1) is 12.5. The molecule has 4 nitrogen and oxygen atoms in total. The van der Waals surface area contributed by atoms with Gasteiger partial charge in [0.2, 0.25) is 0 Å². The molecular weight excluding hydrogens is 483 g/mol. The standard InChI is InChI=1S/C19H13Br2ClN2O2/c20-14-4-7-16-13(9-14)3-8-17(19(16)21)26-11-18(25)24-23-10-12-1-5-15(22)6-2-12/h1-10H,11H2,(H,24,25)/b23-10+. The fourth-order valence-corrected chi connectivity index (χ4v) is 3.37. The van der Waals surface area contributed by atoms with Gasteiger partial charge in [-0.2, -0.15) is 5.10 Å². The van der Waals surface area contributed by atoms with Gasteiger partial charge in [0.1, 0.15) is 5.75 Å². The molecule has 0 aliphatic carbocycles. The van der Waals surface area contributed by atoms with E-state index in [2.05, 4.69) is 42.4 Å². The highest BCUT2D eigenvalue weighted by Gasteiger charge is 2.08. The zero-order valence-corrected chi connectivity index (χ0v) is 17.3. The molecule has 0 aliphatic rings. The van der Waals surface area contributed by atoms with Crippen molar-refractivity contribution < 1.29 is 9.53 Å². The second kappa shape index (κ2) is 8.66. The number of ether oxygens (including phenoxy) is 1. The molecule has 0 saturated heterocycles. The molecular formula is C19H13Br2ClN2O2. The van der Waals surface area contributed by atoms with Crippen molar-refractivity contribution in [3.63, 3.8) is 0 Å². The van der Waals surface area contributed by atoms with E-state index in [9.17, 15) is 4.79 Å². The minimum absolute atomic E-state index is 0.140. The van der Waals surface area contributed by atoms with Gasteiger partial charge in [-0.15, -0.1) is 0 Å². The number of hydrogen-bond donors (Lipinski definition) is 1. The predicted molar refractivity (Wildman–Crippen MR) is 112 cm³/mol. The van der Waals surface area contributed by atoms with Crippen LogP contribution >= 0.6 is 43.5 Å².